The molecular weight excluding hydrogens is 458 g/mol. The molecule has 1 saturated heterocycles. The molecule has 37 heavy (non-hydrogen) atoms. The van der Waals surface area contributed by atoms with Crippen LogP contribution in [0.25, 0.3) is 10.8 Å². The highest BCUT2D eigenvalue weighted by atomic mass is 16.2. The van der Waals surface area contributed by atoms with E-state index in [1.807, 2.05) is 6.07 Å². The molecule has 3 aromatic carbocycles. The molecule has 2 aliphatic heterocycles. The Kier molecular flexibility index (Phi) is 6.56. The van der Waals surface area contributed by atoms with Crippen molar-refractivity contribution in [3.8, 4) is 0 Å². The molecule has 3 aromatic rings. The van der Waals surface area contributed by atoms with Gasteiger partial charge in [0.2, 0.25) is 5.91 Å². The topological polar surface area (TPSA) is 61.4 Å². The van der Waals surface area contributed by atoms with Crippen LogP contribution in [0.2, 0.25) is 0 Å². The zero-order valence-electron chi connectivity index (χ0n) is 21.3. The SMILES string of the molecule is C=C1CCC(N2Cc3cc(C[C@H]4CCCC[C@@H]4NCc4ccc5ccccc5c4)ccc3C2=O)C(=O)N1. The van der Waals surface area contributed by atoms with Crippen molar-refractivity contribution in [3.05, 3.63) is 95.2 Å². The zero-order valence-corrected chi connectivity index (χ0v) is 21.3. The van der Waals surface area contributed by atoms with Gasteiger partial charge >= 0.3 is 0 Å². The second-order valence-corrected chi connectivity index (χ2v) is 11.0. The highest BCUT2D eigenvalue weighted by Crippen LogP contribution is 2.32. The van der Waals surface area contributed by atoms with E-state index in [2.05, 4.69) is 71.8 Å². The lowest BCUT2D eigenvalue weighted by Crippen LogP contribution is -2.49. The third-order valence-corrected chi connectivity index (χ3v) is 8.49. The maximum absolute atomic E-state index is 13.1. The first-order valence-corrected chi connectivity index (χ1v) is 13.7. The number of nitrogens with zero attached hydrogens (tertiary/aromatic N) is 1. The van der Waals surface area contributed by atoms with Gasteiger partial charge in [-0.05, 0) is 77.6 Å². The van der Waals surface area contributed by atoms with E-state index in [0.717, 1.165) is 36.2 Å². The molecule has 0 bridgehead atoms. The van der Waals surface area contributed by atoms with E-state index < -0.39 is 6.04 Å². The van der Waals surface area contributed by atoms with Gasteiger partial charge in [-0.15, -0.1) is 0 Å². The third kappa shape index (κ3) is 4.93. The van der Waals surface area contributed by atoms with E-state index in [1.54, 1.807) is 4.90 Å². The summed E-state index contributed by atoms with van der Waals surface area (Å²) in [5, 5.41) is 9.27. The van der Waals surface area contributed by atoms with Crippen molar-refractivity contribution in [2.24, 2.45) is 5.92 Å². The Bertz CT molecular complexity index is 1360. The normalized spacial score (nSPS) is 23.8. The number of hydrogen-bond acceptors (Lipinski definition) is 3. The Hall–Kier alpha value is -3.44. The van der Waals surface area contributed by atoms with Crippen LogP contribution in [0, 0.1) is 5.92 Å². The number of piperidine rings is 1. The van der Waals surface area contributed by atoms with Gasteiger partial charge in [0.05, 0.1) is 0 Å². The van der Waals surface area contributed by atoms with E-state index in [1.165, 1.54) is 47.6 Å². The summed E-state index contributed by atoms with van der Waals surface area (Å²) in [4.78, 5) is 27.3. The lowest BCUT2D eigenvalue weighted by atomic mass is 9.80. The van der Waals surface area contributed by atoms with Crippen molar-refractivity contribution < 1.29 is 9.59 Å². The Balaban J connectivity index is 1.12. The Labute approximate surface area is 218 Å². The molecule has 1 unspecified atom stereocenters. The molecule has 0 radical (unpaired) electrons. The summed E-state index contributed by atoms with van der Waals surface area (Å²) in [6, 6.07) is 21.7. The standard InChI is InChI=1S/C32H35N3O2/c1-21-10-15-30(31(36)34-21)35-20-27-17-22(12-14-28(27)32(35)37)16-26-8-4-5-9-29(26)33-19-23-11-13-24-6-2-3-7-25(24)18-23/h2-3,6-7,11-14,17-18,26,29-30,33H,1,4-5,8-10,15-16,19-20H2,(H,34,36)/t26-,29+,30?/m1/s1. The quantitative estimate of drug-likeness (QED) is 0.478. The van der Waals surface area contributed by atoms with E-state index in [9.17, 15) is 9.59 Å². The fraction of sp³-hybridized carbons (Fsp3) is 0.375. The van der Waals surface area contributed by atoms with Crippen LogP contribution in [0.1, 0.15) is 65.6 Å². The van der Waals surface area contributed by atoms with Gasteiger partial charge < -0.3 is 15.5 Å². The zero-order chi connectivity index (χ0) is 25.4. The summed E-state index contributed by atoms with van der Waals surface area (Å²) in [7, 11) is 0. The average Bonchev–Trinajstić information content (AvgIpc) is 3.23. The maximum atomic E-state index is 13.1. The maximum Gasteiger partial charge on any atom is 0.255 e. The lowest BCUT2D eigenvalue weighted by molar-refractivity contribution is -0.126. The second-order valence-electron chi connectivity index (χ2n) is 11.0. The number of nitrogens with one attached hydrogen (secondary N) is 2. The second kappa shape index (κ2) is 10.1. The average molecular weight is 494 g/mol. The first-order chi connectivity index (χ1) is 18.0. The first kappa shape index (κ1) is 23.9. The van der Waals surface area contributed by atoms with E-state index in [4.69, 9.17) is 0 Å². The third-order valence-electron chi connectivity index (χ3n) is 8.49. The van der Waals surface area contributed by atoms with Crippen molar-refractivity contribution in [2.45, 2.75) is 70.1 Å². The molecule has 2 N–H and O–H groups in total. The summed E-state index contributed by atoms with van der Waals surface area (Å²) in [5.41, 5.74) is 5.16. The number of allylic oxidation sites excluding steroid dienone is 1. The largest absolute Gasteiger partial charge is 0.329 e. The summed E-state index contributed by atoms with van der Waals surface area (Å²) < 4.78 is 0. The monoisotopic (exact) mass is 493 g/mol. The first-order valence-electron chi connectivity index (χ1n) is 13.7. The summed E-state index contributed by atoms with van der Waals surface area (Å²) in [6.07, 6.45) is 7.36. The van der Waals surface area contributed by atoms with Crippen LogP contribution in [0.4, 0.5) is 0 Å². The molecule has 1 aliphatic carbocycles. The Morgan fingerprint density at radius 1 is 0.919 bits per heavy atom. The minimum atomic E-state index is -0.407. The van der Waals surface area contributed by atoms with Crippen molar-refractivity contribution in [2.75, 3.05) is 0 Å². The fourth-order valence-electron chi connectivity index (χ4n) is 6.46. The van der Waals surface area contributed by atoms with Crippen molar-refractivity contribution in [1.29, 1.82) is 0 Å². The van der Waals surface area contributed by atoms with Crippen LogP contribution < -0.4 is 10.6 Å². The predicted octanol–water partition coefficient (Wildman–Crippen LogP) is 5.48. The molecule has 2 fully saturated rings. The highest BCUT2D eigenvalue weighted by Gasteiger charge is 2.38. The fourth-order valence-corrected chi connectivity index (χ4v) is 6.46. The van der Waals surface area contributed by atoms with Crippen molar-refractivity contribution in [3.63, 3.8) is 0 Å². The number of amides is 2. The van der Waals surface area contributed by atoms with E-state index in [-0.39, 0.29) is 11.8 Å². The molecule has 6 rings (SSSR count). The number of carbonyl (C=O) groups excluding carboxylic acids is 2. The van der Waals surface area contributed by atoms with Gasteiger partial charge in [-0.1, -0.05) is 68.0 Å². The molecular formula is C32H35N3O2. The number of benzene rings is 3. The van der Waals surface area contributed by atoms with Gasteiger partial charge in [0.25, 0.3) is 5.91 Å². The van der Waals surface area contributed by atoms with Crippen LogP contribution >= 0.6 is 0 Å². The van der Waals surface area contributed by atoms with Crippen molar-refractivity contribution in [1.82, 2.24) is 15.5 Å². The number of fused-ring (bicyclic) bond motifs is 2. The molecule has 2 amide bonds. The van der Waals surface area contributed by atoms with Crippen LogP contribution in [0.5, 0.6) is 0 Å². The van der Waals surface area contributed by atoms with Gasteiger partial charge in [-0.3, -0.25) is 9.59 Å². The minimum absolute atomic E-state index is 0.0261. The van der Waals surface area contributed by atoms with Gasteiger partial charge in [0, 0.05) is 30.4 Å². The summed E-state index contributed by atoms with van der Waals surface area (Å²) in [5.74, 6) is 0.442. The van der Waals surface area contributed by atoms with Gasteiger partial charge in [-0.25, -0.2) is 0 Å². The molecule has 0 spiro atoms. The van der Waals surface area contributed by atoms with Crippen LogP contribution in [0.15, 0.2) is 72.9 Å². The summed E-state index contributed by atoms with van der Waals surface area (Å²) >= 11 is 0. The van der Waals surface area contributed by atoms with Gasteiger partial charge in [-0.2, -0.15) is 0 Å². The molecule has 2 heterocycles. The van der Waals surface area contributed by atoms with Gasteiger partial charge in [0.1, 0.15) is 6.04 Å². The van der Waals surface area contributed by atoms with Crippen LogP contribution in [-0.2, 0) is 24.3 Å². The lowest BCUT2D eigenvalue weighted by Gasteiger charge is -2.33. The smallest absolute Gasteiger partial charge is 0.255 e. The van der Waals surface area contributed by atoms with Crippen LogP contribution in [-0.4, -0.2) is 28.8 Å². The molecule has 5 nitrogen and oxygen atoms in total. The number of rotatable bonds is 6. The van der Waals surface area contributed by atoms with E-state index in [0.29, 0.717) is 24.9 Å². The highest BCUT2D eigenvalue weighted by molar-refractivity contribution is 6.01. The molecule has 3 aliphatic rings. The van der Waals surface area contributed by atoms with Crippen LogP contribution in [0.3, 0.4) is 0 Å². The molecule has 5 heteroatoms. The summed E-state index contributed by atoms with van der Waals surface area (Å²) in [6.45, 7) is 5.26. The van der Waals surface area contributed by atoms with Crippen molar-refractivity contribution >= 4 is 22.6 Å². The molecule has 3 atom stereocenters. The Morgan fingerprint density at radius 2 is 1.73 bits per heavy atom. The molecule has 0 aromatic heterocycles. The van der Waals surface area contributed by atoms with Gasteiger partial charge in [0.15, 0.2) is 0 Å². The molecule has 190 valence electrons. The Morgan fingerprint density at radius 3 is 2.59 bits per heavy atom. The number of hydrogen-bond donors (Lipinski definition) is 2. The molecule has 1 saturated carbocycles. The predicted molar refractivity (Wildman–Crippen MR) is 147 cm³/mol. The number of carbonyl (C=O) groups is 2. The van der Waals surface area contributed by atoms with E-state index >= 15 is 0 Å². The minimum Gasteiger partial charge on any atom is -0.329 e.